The van der Waals surface area contributed by atoms with Crippen molar-refractivity contribution in [2.45, 2.75) is 6.18 Å². The molecular formula is C59H31F3N6. The number of fused-ring (bicyclic) bond motifs is 6. The van der Waals surface area contributed by atoms with E-state index in [1.54, 1.807) is 18.2 Å². The van der Waals surface area contributed by atoms with Gasteiger partial charge >= 0.3 is 6.18 Å². The summed E-state index contributed by atoms with van der Waals surface area (Å²) in [7, 11) is 0. The van der Waals surface area contributed by atoms with Crippen LogP contribution in [-0.2, 0) is 6.18 Å². The van der Waals surface area contributed by atoms with E-state index in [1.165, 1.54) is 6.07 Å². The maximum absolute atomic E-state index is 14.0. The fraction of sp³-hybridized carbons (Fsp3) is 0.0169. The maximum atomic E-state index is 14.0. The normalized spacial score (nSPS) is 11.4. The second-order valence-electron chi connectivity index (χ2n) is 16.5. The van der Waals surface area contributed by atoms with E-state index in [9.17, 15) is 34.2 Å². The standard InChI is InChI=1S/C59H31F3N6/c60-59(61,62)45-19-20-46(44(28-45)35-66)43-18-24-58(68-54-14-4-2-12-48(54)51-30-42(17-23-57(51)68)40-10-6-8-37(26-40)33-64)52(31-43)49-27-38(34-65)15-21-55(49)67-53-13-3-1-11-47(53)50-29-41(16-22-56(50)67)39-9-5-7-36(25-39)32-63/h1-31H. The minimum absolute atomic E-state index is 0.132. The molecule has 9 aromatic carbocycles. The highest BCUT2D eigenvalue weighted by molar-refractivity contribution is 6.13. The Morgan fingerprint density at radius 3 is 1.34 bits per heavy atom. The lowest BCUT2D eigenvalue weighted by Gasteiger charge is -2.20. The molecule has 0 N–H and O–H groups in total. The number of para-hydroxylation sites is 2. The monoisotopic (exact) mass is 880 g/mol. The molecule has 0 fully saturated rings. The number of halogens is 3. The highest BCUT2D eigenvalue weighted by Crippen LogP contribution is 2.44. The van der Waals surface area contributed by atoms with Crippen LogP contribution >= 0.6 is 0 Å². The fourth-order valence-electron chi connectivity index (χ4n) is 9.56. The van der Waals surface area contributed by atoms with Crippen LogP contribution in [0.5, 0.6) is 0 Å². The van der Waals surface area contributed by atoms with Crippen LogP contribution in [0.25, 0.3) is 99.5 Å². The predicted octanol–water partition coefficient (Wildman–Crippen LogP) is 15.1. The number of nitriles is 4. The summed E-state index contributed by atoms with van der Waals surface area (Å²) in [6, 6.07) is 66.7. The van der Waals surface area contributed by atoms with Gasteiger partial charge in [0.15, 0.2) is 0 Å². The fourth-order valence-corrected chi connectivity index (χ4v) is 9.56. The molecule has 0 saturated carbocycles. The lowest BCUT2D eigenvalue weighted by molar-refractivity contribution is -0.137. The lowest BCUT2D eigenvalue weighted by atomic mass is 9.92. The van der Waals surface area contributed by atoms with E-state index in [-0.39, 0.29) is 5.56 Å². The molecule has 0 bridgehead atoms. The molecule has 2 heterocycles. The summed E-state index contributed by atoms with van der Waals surface area (Å²) in [5.41, 5.74) is 11.2. The van der Waals surface area contributed by atoms with Gasteiger partial charge in [-0.3, -0.25) is 0 Å². The third-order valence-corrected chi connectivity index (χ3v) is 12.7. The van der Waals surface area contributed by atoms with Gasteiger partial charge in [-0.2, -0.15) is 34.2 Å². The Bertz CT molecular complexity index is 4090. The van der Waals surface area contributed by atoms with Crippen molar-refractivity contribution in [2.75, 3.05) is 0 Å². The Balaban J connectivity index is 1.21. The molecule has 0 atom stereocenters. The number of nitrogens with zero attached hydrogens (tertiary/aromatic N) is 6. The molecule has 0 unspecified atom stereocenters. The van der Waals surface area contributed by atoms with Gasteiger partial charge in [-0.25, -0.2) is 0 Å². The van der Waals surface area contributed by atoms with E-state index in [2.05, 4.69) is 63.7 Å². The minimum Gasteiger partial charge on any atom is -0.309 e. The maximum Gasteiger partial charge on any atom is 0.416 e. The first kappa shape index (κ1) is 41.1. The Labute approximate surface area is 387 Å². The van der Waals surface area contributed by atoms with Gasteiger partial charge in [-0.15, -0.1) is 0 Å². The first-order valence-electron chi connectivity index (χ1n) is 21.5. The number of hydrogen-bond donors (Lipinski definition) is 0. The summed E-state index contributed by atoms with van der Waals surface area (Å²) >= 11 is 0. The van der Waals surface area contributed by atoms with E-state index in [4.69, 9.17) is 0 Å². The lowest BCUT2D eigenvalue weighted by Crippen LogP contribution is -2.05. The van der Waals surface area contributed by atoms with Crippen molar-refractivity contribution in [3.05, 3.63) is 216 Å². The van der Waals surface area contributed by atoms with Crippen LogP contribution in [0, 0.1) is 45.3 Å². The van der Waals surface area contributed by atoms with E-state index in [0.29, 0.717) is 38.9 Å². The zero-order chi connectivity index (χ0) is 46.7. The van der Waals surface area contributed by atoms with Gasteiger partial charge < -0.3 is 9.13 Å². The van der Waals surface area contributed by atoms with Crippen molar-refractivity contribution in [3.63, 3.8) is 0 Å². The topological polar surface area (TPSA) is 105 Å². The molecule has 0 aliphatic rings. The number of aromatic nitrogens is 2. The van der Waals surface area contributed by atoms with Crippen LogP contribution in [0.4, 0.5) is 13.2 Å². The number of benzene rings is 9. The van der Waals surface area contributed by atoms with Crippen molar-refractivity contribution in [2.24, 2.45) is 0 Å². The molecule has 2 aromatic heterocycles. The minimum atomic E-state index is -4.65. The Kier molecular flexibility index (Phi) is 9.72. The molecule has 68 heavy (non-hydrogen) atoms. The van der Waals surface area contributed by atoms with Crippen molar-refractivity contribution < 1.29 is 13.2 Å². The zero-order valence-corrected chi connectivity index (χ0v) is 35.7. The average Bonchev–Trinajstić information content (AvgIpc) is 3.89. The van der Waals surface area contributed by atoms with Crippen molar-refractivity contribution in [1.82, 2.24) is 9.13 Å². The first-order valence-corrected chi connectivity index (χ1v) is 21.5. The van der Waals surface area contributed by atoms with Crippen molar-refractivity contribution >= 4 is 43.6 Å². The third-order valence-electron chi connectivity index (χ3n) is 12.7. The summed E-state index contributed by atoms with van der Waals surface area (Å²) in [6.45, 7) is 0. The van der Waals surface area contributed by atoms with Gasteiger partial charge in [-0.05, 0) is 137 Å². The second-order valence-corrected chi connectivity index (χ2v) is 16.5. The SMILES string of the molecule is N#Cc1cccc(-c2ccc3c(c2)c2ccccc2n3-c2ccc(C#N)cc2-c2cc(-c3ccc(C(F)(F)F)cc3C#N)ccc2-n2c3ccccc3c3cc(-c4cccc(C#N)c4)ccc32)c1. The van der Waals surface area contributed by atoms with Crippen LogP contribution in [0.15, 0.2) is 188 Å². The summed E-state index contributed by atoms with van der Waals surface area (Å²) in [5.74, 6) is 0. The van der Waals surface area contributed by atoms with E-state index in [1.807, 2.05) is 121 Å². The Morgan fingerprint density at radius 1 is 0.338 bits per heavy atom. The average molecular weight is 881 g/mol. The molecule has 0 aliphatic heterocycles. The van der Waals surface area contributed by atoms with Gasteiger partial charge in [0.2, 0.25) is 0 Å². The first-order chi connectivity index (χ1) is 33.1. The summed E-state index contributed by atoms with van der Waals surface area (Å²) < 4.78 is 46.3. The summed E-state index contributed by atoms with van der Waals surface area (Å²) in [5, 5.41) is 44.0. The molecule has 0 aliphatic carbocycles. The quantitative estimate of drug-likeness (QED) is 0.166. The Hall–Kier alpha value is -9.67. The van der Waals surface area contributed by atoms with E-state index < -0.39 is 11.7 Å². The molecule has 6 nitrogen and oxygen atoms in total. The molecule has 0 saturated heterocycles. The molecule has 11 aromatic rings. The smallest absolute Gasteiger partial charge is 0.309 e. The van der Waals surface area contributed by atoms with Crippen LogP contribution in [0.3, 0.4) is 0 Å². The molecule has 0 radical (unpaired) electrons. The zero-order valence-electron chi connectivity index (χ0n) is 35.7. The molecule has 0 amide bonds. The van der Waals surface area contributed by atoms with Crippen LogP contribution in [0.2, 0.25) is 0 Å². The molecule has 9 heteroatoms. The summed E-state index contributed by atoms with van der Waals surface area (Å²) in [4.78, 5) is 0. The number of alkyl halides is 3. The number of rotatable bonds is 6. The van der Waals surface area contributed by atoms with Gasteiger partial charge in [0.25, 0.3) is 0 Å². The van der Waals surface area contributed by atoms with Crippen LogP contribution in [-0.4, -0.2) is 9.13 Å². The highest BCUT2D eigenvalue weighted by atomic mass is 19.4. The van der Waals surface area contributed by atoms with Crippen molar-refractivity contribution in [1.29, 1.82) is 21.0 Å². The van der Waals surface area contributed by atoms with Crippen LogP contribution in [0.1, 0.15) is 27.8 Å². The second kappa shape index (κ2) is 16.1. The third kappa shape index (κ3) is 6.79. The van der Waals surface area contributed by atoms with Gasteiger partial charge in [0.05, 0.1) is 85.5 Å². The highest BCUT2D eigenvalue weighted by Gasteiger charge is 2.31. The molecule has 11 rings (SSSR count). The van der Waals surface area contributed by atoms with Gasteiger partial charge in [0, 0.05) is 32.7 Å². The molecule has 318 valence electrons. The summed E-state index contributed by atoms with van der Waals surface area (Å²) in [6.07, 6.45) is -4.65. The molecule has 0 spiro atoms. The predicted molar refractivity (Wildman–Crippen MR) is 261 cm³/mol. The van der Waals surface area contributed by atoms with Gasteiger partial charge in [-0.1, -0.05) is 84.9 Å². The number of hydrogen-bond acceptors (Lipinski definition) is 4. The van der Waals surface area contributed by atoms with Gasteiger partial charge in [0.1, 0.15) is 0 Å². The van der Waals surface area contributed by atoms with E-state index >= 15 is 0 Å². The Morgan fingerprint density at radius 2 is 0.809 bits per heavy atom. The molecular weight excluding hydrogens is 850 g/mol. The van der Waals surface area contributed by atoms with Crippen molar-refractivity contribution in [3.8, 4) is 80.2 Å². The van der Waals surface area contributed by atoms with Crippen LogP contribution < -0.4 is 0 Å². The largest absolute Gasteiger partial charge is 0.416 e. The van der Waals surface area contributed by atoms with E-state index in [0.717, 1.165) is 89.4 Å².